The van der Waals surface area contributed by atoms with Crippen LogP contribution in [0.15, 0.2) is 54.9 Å². The maximum Gasteiger partial charge on any atom is 0.303 e. The van der Waals surface area contributed by atoms with Crippen LogP contribution >= 0.6 is 0 Å². The number of fused-ring (bicyclic) bond motifs is 1. The number of hydrogen-bond donors (Lipinski definition) is 6. The fourth-order valence-electron chi connectivity index (χ4n) is 7.67. The van der Waals surface area contributed by atoms with Gasteiger partial charge in [0.1, 0.15) is 17.1 Å². The molecule has 0 radical (unpaired) electrons. The first kappa shape index (κ1) is 49.5. The van der Waals surface area contributed by atoms with Gasteiger partial charge in [0, 0.05) is 77.2 Å². The fraction of sp³-hybridized carbons (Fsp3) is 0.500. The highest BCUT2D eigenvalue weighted by Gasteiger charge is 2.47. The molecular formula is C46H61N7O12. The summed E-state index contributed by atoms with van der Waals surface area (Å²) in [6, 6.07) is 12.4. The minimum atomic E-state index is -1.37. The first-order chi connectivity index (χ1) is 31.2. The van der Waals surface area contributed by atoms with E-state index >= 15 is 0 Å². The molecule has 6 N–H and O–H groups in total. The summed E-state index contributed by atoms with van der Waals surface area (Å²) in [5.41, 5.74) is 2.50. The number of amides is 4. The van der Waals surface area contributed by atoms with Gasteiger partial charge in [0.2, 0.25) is 5.91 Å². The van der Waals surface area contributed by atoms with Gasteiger partial charge < -0.3 is 59.4 Å². The monoisotopic (exact) mass is 903 g/mol. The number of aryl methyl sites for hydroxylation is 2. The maximum atomic E-state index is 14.0. The zero-order chi connectivity index (χ0) is 46.9. The zero-order valence-corrected chi connectivity index (χ0v) is 37.4. The van der Waals surface area contributed by atoms with Gasteiger partial charge in [0.25, 0.3) is 17.7 Å². The molecule has 19 heteroatoms. The number of nitrogens with zero attached hydrogens (tertiary/aromatic N) is 2. The molecule has 0 spiro atoms. The number of benzene rings is 1. The molecule has 1 aromatic carbocycles. The molecular weight excluding hydrogens is 843 g/mol. The molecule has 1 aliphatic rings. The molecule has 1 saturated heterocycles. The third-order valence-electron chi connectivity index (χ3n) is 10.7. The van der Waals surface area contributed by atoms with Gasteiger partial charge in [-0.15, -0.1) is 0 Å². The molecule has 4 atom stereocenters. The minimum absolute atomic E-state index is 0.0486. The second kappa shape index (κ2) is 24.6. The molecule has 19 nitrogen and oxygen atoms in total. The summed E-state index contributed by atoms with van der Waals surface area (Å²) in [5, 5.41) is 21.1. The first-order valence-corrected chi connectivity index (χ1v) is 22.1. The number of para-hydroxylation sites is 1. The summed E-state index contributed by atoms with van der Waals surface area (Å²) < 4.78 is 25.3. The number of aliphatic hydroxyl groups is 1. The topological polar surface area (TPSA) is 250 Å². The Bertz CT molecular complexity index is 2250. The average molecular weight is 904 g/mol. The molecule has 65 heavy (non-hydrogen) atoms. The predicted molar refractivity (Wildman–Crippen MR) is 239 cm³/mol. The number of aromatic amines is 1. The summed E-state index contributed by atoms with van der Waals surface area (Å²) in [6.07, 6.45) is 7.39. The van der Waals surface area contributed by atoms with E-state index in [1.807, 2.05) is 24.3 Å². The van der Waals surface area contributed by atoms with Crippen LogP contribution in [0.2, 0.25) is 0 Å². The molecule has 352 valence electrons. The lowest BCUT2D eigenvalue weighted by Crippen LogP contribution is -2.62. The van der Waals surface area contributed by atoms with E-state index < -0.39 is 48.4 Å². The first-order valence-electron chi connectivity index (χ1n) is 22.1. The standard InChI is InChI=1S/C46H61N7O12/c1-29(55)63-39-28-62-46(42(65-31(3)57)41(39)64-30(2)56)51-45(61)38-25-34(27-53(38)21-14-10-8-6-5-7-9-11-15-22-54)48-40(58)19-16-20-47-44(60)37-24-33(26-52(37)4)49-43(59)36-23-32-17-12-13-18-35(32)50-36/h12-13,17-18,23-27,39,41-42,46,50,54H,5-11,14-16,19-22,28H2,1-4H3,(H,47,60)(H,48,58)(H,49,59)(H,51,61)/t39-,41+,42-,46-/m1/s1. The van der Waals surface area contributed by atoms with Crippen molar-refractivity contribution in [3.05, 3.63) is 71.9 Å². The number of anilines is 2. The Morgan fingerprint density at radius 2 is 1.35 bits per heavy atom. The zero-order valence-electron chi connectivity index (χ0n) is 37.4. The Morgan fingerprint density at radius 3 is 2.03 bits per heavy atom. The fourth-order valence-corrected chi connectivity index (χ4v) is 7.67. The molecule has 5 rings (SSSR count). The molecule has 3 aromatic heterocycles. The van der Waals surface area contributed by atoms with Gasteiger partial charge in [0.15, 0.2) is 24.5 Å². The molecule has 1 aliphatic heterocycles. The van der Waals surface area contributed by atoms with Crippen molar-refractivity contribution in [1.29, 1.82) is 0 Å². The quantitative estimate of drug-likeness (QED) is 0.0306. The van der Waals surface area contributed by atoms with Crippen molar-refractivity contribution in [1.82, 2.24) is 24.8 Å². The molecule has 0 unspecified atom stereocenters. The highest BCUT2D eigenvalue weighted by Crippen LogP contribution is 2.25. The van der Waals surface area contributed by atoms with Crippen LogP contribution < -0.4 is 21.3 Å². The van der Waals surface area contributed by atoms with Gasteiger partial charge in [-0.2, -0.15) is 0 Å². The number of carbonyl (C=O) groups is 7. The Kier molecular flexibility index (Phi) is 18.7. The third-order valence-corrected chi connectivity index (χ3v) is 10.7. The Morgan fingerprint density at radius 1 is 0.723 bits per heavy atom. The van der Waals surface area contributed by atoms with Gasteiger partial charge >= 0.3 is 17.9 Å². The van der Waals surface area contributed by atoms with Crippen molar-refractivity contribution in [2.75, 3.05) is 30.4 Å². The smallest absolute Gasteiger partial charge is 0.303 e. The molecule has 4 aromatic rings. The number of aliphatic hydroxyl groups excluding tert-OH is 1. The molecule has 4 heterocycles. The van der Waals surface area contributed by atoms with Crippen LogP contribution in [0, 0.1) is 0 Å². The highest BCUT2D eigenvalue weighted by atomic mass is 16.6. The molecule has 0 aliphatic carbocycles. The summed E-state index contributed by atoms with van der Waals surface area (Å²) in [7, 11) is 1.69. The Hall–Kier alpha value is -6.47. The van der Waals surface area contributed by atoms with Crippen molar-refractivity contribution >= 4 is 63.8 Å². The molecule has 0 saturated carbocycles. The van der Waals surface area contributed by atoms with Crippen molar-refractivity contribution in [3.8, 4) is 0 Å². The van der Waals surface area contributed by atoms with Crippen LogP contribution in [0.5, 0.6) is 0 Å². The van der Waals surface area contributed by atoms with Crippen molar-refractivity contribution in [2.24, 2.45) is 7.05 Å². The Balaban J connectivity index is 1.17. The predicted octanol–water partition coefficient (Wildman–Crippen LogP) is 5.09. The largest absolute Gasteiger partial charge is 0.456 e. The second-order valence-electron chi connectivity index (χ2n) is 16.1. The number of nitrogens with one attached hydrogen (secondary N) is 5. The second-order valence-corrected chi connectivity index (χ2v) is 16.1. The summed E-state index contributed by atoms with van der Waals surface area (Å²) in [6.45, 7) is 4.02. The van der Waals surface area contributed by atoms with Gasteiger partial charge in [-0.3, -0.25) is 33.6 Å². The normalized spacial score (nSPS) is 16.9. The lowest BCUT2D eigenvalue weighted by molar-refractivity contribution is -0.228. The number of unbranched alkanes of at least 4 members (excludes halogenated alkanes) is 8. The van der Waals surface area contributed by atoms with Crippen LogP contribution in [0.4, 0.5) is 11.4 Å². The van der Waals surface area contributed by atoms with E-state index in [0.717, 1.165) is 82.5 Å². The van der Waals surface area contributed by atoms with Gasteiger partial charge in [-0.1, -0.05) is 63.1 Å². The molecule has 4 amide bonds. The maximum absolute atomic E-state index is 14.0. The van der Waals surface area contributed by atoms with E-state index in [2.05, 4.69) is 26.3 Å². The van der Waals surface area contributed by atoms with E-state index in [-0.39, 0.29) is 49.6 Å². The van der Waals surface area contributed by atoms with Crippen LogP contribution in [0.3, 0.4) is 0 Å². The summed E-state index contributed by atoms with van der Waals surface area (Å²) >= 11 is 0. The SMILES string of the molecule is CC(=O)O[C@@H]1[C@@H](OC(C)=O)[C@H](OC(C)=O)CO[C@H]1NC(=O)c1cc(NC(=O)CCCNC(=O)c2cc(NC(=O)c3cc4ccccc4[nH]3)cn2C)cn1CCCCCCCCCCCO. The molecule has 1 fully saturated rings. The van der Waals surface area contributed by atoms with E-state index in [1.54, 1.807) is 40.7 Å². The Labute approximate surface area is 377 Å². The average Bonchev–Trinajstić information content (AvgIpc) is 3.98. The van der Waals surface area contributed by atoms with E-state index in [1.165, 1.54) is 13.0 Å². The van der Waals surface area contributed by atoms with Crippen LogP contribution in [-0.4, -0.2) is 105 Å². The molecule has 0 bridgehead atoms. The van der Waals surface area contributed by atoms with Crippen molar-refractivity contribution < 1.29 is 57.6 Å². The highest BCUT2D eigenvalue weighted by molar-refractivity contribution is 6.06. The minimum Gasteiger partial charge on any atom is -0.456 e. The number of H-pyrrole nitrogens is 1. The van der Waals surface area contributed by atoms with Gasteiger partial charge in [-0.25, -0.2) is 0 Å². The van der Waals surface area contributed by atoms with E-state index in [4.69, 9.17) is 24.1 Å². The van der Waals surface area contributed by atoms with Crippen molar-refractivity contribution in [2.45, 2.75) is 122 Å². The number of ether oxygens (including phenoxy) is 4. The lowest BCUT2D eigenvalue weighted by atomic mass is 10.0. The van der Waals surface area contributed by atoms with Gasteiger partial charge in [0.05, 0.1) is 18.0 Å². The van der Waals surface area contributed by atoms with Gasteiger partial charge in [-0.05, 0) is 43.5 Å². The van der Waals surface area contributed by atoms with Crippen LogP contribution in [0.1, 0.15) is 123 Å². The number of hydrogen-bond acceptors (Lipinski definition) is 12. The van der Waals surface area contributed by atoms with E-state index in [0.29, 0.717) is 35.7 Å². The summed E-state index contributed by atoms with van der Waals surface area (Å²) in [5.74, 6) is -3.89. The van der Waals surface area contributed by atoms with Crippen LogP contribution in [-0.2, 0) is 51.7 Å². The van der Waals surface area contributed by atoms with Crippen molar-refractivity contribution in [3.63, 3.8) is 0 Å². The summed E-state index contributed by atoms with van der Waals surface area (Å²) in [4.78, 5) is 92.2. The van der Waals surface area contributed by atoms with E-state index in [9.17, 15) is 33.6 Å². The number of aromatic nitrogens is 3. The lowest BCUT2D eigenvalue weighted by Gasteiger charge is -2.40. The third kappa shape index (κ3) is 15.1. The number of esters is 3. The number of rotatable bonds is 24. The number of carbonyl (C=O) groups excluding carboxylic acids is 7. The van der Waals surface area contributed by atoms with Crippen LogP contribution in [0.25, 0.3) is 10.9 Å².